The average molecular weight is 382 g/mol. The molecule has 0 saturated heterocycles. The van der Waals surface area contributed by atoms with Crippen LogP contribution in [0.4, 0.5) is 0 Å². The molecule has 28 heavy (non-hydrogen) atoms. The number of nitrogens with zero attached hydrogens (tertiary/aromatic N) is 2. The van der Waals surface area contributed by atoms with Crippen molar-refractivity contribution in [2.24, 2.45) is 17.9 Å². The molecular weight excluding hydrogens is 356 g/mol. The van der Waals surface area contributed by atoms with E-state index in [4.69, 9.17) is 0 Å². The third-order valence-corrected chi connectivity index (χ3v) is 6.77. The summed E-state index contributed by atoms with van der Waals surface area (Å²) >= 11 is 0. The van der Waals surface area contributed by atoms with Gasteiger partial charge in [-0.05, 0) is 42.2 Å². The number of rotatable bonds is 2. The minimum Gasteiger partial charge on any atom is -0.277 e. The lowest BCUT2D eigenvalue weighted by atomic mass is 9.61. The van der Waals surface area contributed by atoms with E-state index in [-0.39, 0.29) is 49.5 Å². The maximum absolute atomic E-state index is 13.2. The van der Waals surface area contributed by atoms with Gasteiger partial charge in [0.1, 0.15) is 0 Å². The summed E-state index contributed by atoms with van der Waals surface area (Å²) < 4.78 is 2.40. The van der Waals surface area contributed by atoms with Crippen molar-refractivity contribution in [3.63, 3.8) is 0 Å². The maximum Gasteiger partial charge on any atom is 0.261 e. The van der Waals surface area contributed by atoms with Crippen LogP contribution in [0.1, 0.15) is 59.4 Å². The van der Waals surface area contributed by atoms with Gasteiger partial charge in [-0.3, -0.25) is 28.3 Å². The van der Waals surface area contributed by atoms with Crippen LogP contribution in [0.5, 0.6) is 0 Å². The molecule has 1 aliphatic rings. The Morgan fingerprint density at radius 3 is 1.79 bits per heavy atom. The second-order valence-corrected chi connectivity index (χ2v) is 9.66. The Morgan fingerprint density at radius 2 is 1.32 bits per heavy atom. The van der Waals surface area contributed by atoms with Gasteiger partial charge in [-0.2, -0.15) is 0 Å². The Labute approximate surface area is 162 Å². The number of hydrogen-bond acceptors (Lipinski definition) is 4. The Hall–Kier alpha value is -2.50. The quantitative estimate of drug-likeness (QED) is 0.683. The molecule has 148 valence electrons. The van der Waals surface area contributed by atoms with E-state index in [2.05, 4.69) is 27.7 Å². The molecule has 2 atom stereocenters. The van der Waals surface area contributed by atoms with Gasteiger partial charge in [-0.1, -0.05) is 34.1 Å². The lowest BCUT2D eigenvalue weighted by molar-refractivity contribution is 0.0539. The highest BCUT2D eigenvalue weighted by atomic mass is 16.2. The van der Waals surface area contributed by atoms with Crippen LogP contribution in [0.15, 0.2) is 31.3 Å². The van der Waals surface area contributed by atoms with Crippen molar-refractivity contribution >= 4 is 21.5 Å². The highest BCUT2D eigenvalue weighted by Gasteiger charge is 2.42. The van der Waals surface area contributed by atoms with Gasteiger partial charge in [-0.15, -0.1) is 0 Å². The molecule has 2 heterocycles. The molecular formula is C22H26N2O4. The minimum atomic E-state index is -0.432. The topological polar surface area (TPSA) is 78.1 Å². The number of benzene rings is 1. The minimum absolute atomic E-state index is 0.0272. The van der Waals surface area contributed by atoms with Crippen molar-refractivity contribution in [1.82, 2.24) is 9.13 Å². The third-order valence-electron chi connectivity index (χ3n) is 6.77. The van der Waals surface area contributed by atoms with Gasteiger partial charge in [0.15, 0.2) is 0 Å². The van der Waals surface area contributed by atoms with E-state index in [9.17, 15) is 19.2 Å². The molecule has 1 aromatic carbocycles. The van der Waals surface area contributed by atoms with Crippen LogP contribution in [-0.4, -0.2) is 9.13 Å². The monoisotopic (exact) mass is 382 g/mol. The highest BCUT2D eigenvalue weighted by Crippen LogP contribution is 2.51. The first-order chi connectivity index (χ1) is 13.0. The zero-order valence-corrected chi connectivity index (χ0v) is 17.1. The normalized spacial score (nSPS) is 25.0. The van der Waals surface area contributed by atoms with Gasteiger partial charge in [0.25, 0.3) is 22.2 Å². The second-order valence-electron chi connectivity index (χ2n) is 9.66. The summed E-state index contributed by atoms with van der Waals surface area (Å²) in [5.41, 5.74) is -1.47. The average Bonchev–Trinajstić information content (AvgIpc) is 2.98. The van der Waals surface area contributed by atoms with Gasteiger partial charge < -0.3 is 0 Å². The van der Waals surface area contributed by atoms with Crippen molar-refractivity contribution in [2.75, 3.05) is 0 Å². The summed E-state index contributed by atoms with van der Waals surface area (Å²) in [6.45, 7) is 8.75. The van der Waals surface area contributed by atoms with Crippen LogP contribution in [0.2, 0.25) is 0 Å². The summed E-state index contributed by atoms with van der Waals surface area (Å²) in [5, 5.41) is 0.886. The molecule has 6 heteroatoms. The Balaban J connectivity index is 1.99. The zero-order valence-electron chi connectivity index (χ0n) is 17.1. The molecule has 2 unspecified atom stereocenters. The van der Waals surface area contributed by atoms with E-state index in [0.717, 1.165) is 30.3 Å². The molecule has 2 aromatic heterocycles. The molecule has 0 bridgehead atoms. The van der Waals surface area contributed by atoms with E-state index in [1.807, 2.05) is 0 Å². The SMILES string of the molecule is CCC1(C)CC(n2c(=O)c3cc4c(=O)n(C)c(=O)c4cc3c2=O)CC(C)(C)C1. The molecule has 0 spiro atoms. The molecule has 4 rings (SSSR count). The fraction of sp³-hybridized carbons (Fsp3) is 0.545. The number of fused-ring (bicyclic) bond motifs is 2. The van der Waals surface area contributed by atoms with E-state index < -0.39 is 11.1 Å². The summed E-state index contributed by atoms with van der Waals surface area (Å²) in [6, 6.07) is 2.69. The van der Waals surface area contributed by atoms with Crippen molar-refractivity contribution in [3.8, 4) is 0 Å². The number of hydrogen-bond donors (Lipinski definition) is 0. The molecule has 0 amide bonds. The van der Waals surface area contributed by atoms with Crippen molar-refractivity contribution < 1.29 is 0 Å². The standard InChI is InChI=1S/C22H26N2O4/c1-6-22(4)10-12(9-21(2,3)11-22)24-19(27)15-7-13-14(8-16(15)20(24)28)18(26)23(5)17(13)25/h7-8,12H,6,9-11H2,1-5H3. The highest BCUT2D eigenvalue weighted by molar-refractivity contribution is 5.97. The van der Waals surface area contributed by atoms with Crippen LogP contribution in [-0.2, 0) is 7.05 Å². The first-order valence-electron chi connectivity index (χ1n) is 9.86. The first-order valence-corrected chi connectivity index (χ1v) is 9.86. The molecule has 1 aliphatic carbocycles. The van der Waals surface area contributed by atoms with Gasteiger partial charge in [0.05, 0.1) is 21.5 Å². The Morgan fingerprint density at radius 1 is 0.857 bits per heavy atom. The summed E-state index contributed by atoms with van der Waals surface area (Å²) in [7, 11) is 1.40. The largest absolute Gasteiger partial charge is 0.277 e. The van der Waals surface area contributed by atoms with Crippen molar-refractivity contribution in [3.05, 3.63) is 53.5 Å². The van der Waals surface area contributed by atoms with Crippen molar-refractivity contribution in [1.29, 1.82) is 0 Å². The molecule has 3 aromatic rings. The van der Waals surface area contributed by atoms with Gasteiger partial charge >= 0.3 is 0 Å². The van der Waals surface area contributed by atoms with E-state index >= 15 is 0 Å². The third kappa shape index (κ3) is 2.54. The smallest absolute Gasteiger partial charge is 0.261 e. The van der Waals surface area contributed by atoms with Crippen LogP contribution in [0.25, 0.3) is 21.5 Å². The van der Waals surface area contributed by atoms with Gasteiger partial charge in [-0.25, -0.2) is 0 Å². The summed E-state index contributed by atoms with van der Waals surface area (Å²) in [4.78, 5) is 50.9. The van der Waals surface area contributed by atoms with Crippen LogP contribution >= 0.6 is 0 Å². The molecule has 1 saturated carbocycles. The number of aromatic nitrogens is 2. The maximum atomic E-state index is 13.2. The van der Waals surface area contributed by atoms with Gasteiger partial charge in [0, 0.05) is 13.1 Å². The van der Waals surface area contributed by atoms with Crippen LogP contribution in [0, 0.1) is 10.8 Å². The molecule has 0 radical (unpaired) electrons. The Kier molecular flexibility index (Phi) is 3.87. The van der Waals surface area contributed by atoms with E-state index in [1.54, 1.807) is 0 Å². The lowest BCUT2D eigenvalue weighted by Crippen LogP contribution is -2.41. The van der Waals surface area contributed by atoms with E-state index in [0.29, 0.717) is 0 Å². The van der Waals surface area contributed by atoms with Crippen LogP contribution < -0.4 is 22.2 Å². The van der Waals surface area contributed by atoms with E-state index in [1.165, 1.54) is 23.7 Å². The Bertz CT molecular complexity index is 1240. The molecule has 6 nitrogen and oxygen atoms in total. The predicted molar refractivity (Wildman–Crippen MR) is 111 cm³/mol. The fourth-order valence-electron chi connectivity index (χ4n) is 5.47. The van der Waals surface area contributed by atoms with Crippen molar-refractivity contribution in [2.45, 2.75) is 59.4 Å². The second kappa shape index (κ2) is 5.75. The molecule has 1 fully saturated rings. The zero-order chi connectivity index (χ0) is 20.6. The summed E-state index contributed by atoms with van der Waals surface area (Å²) in [6.07, 6.45) is 3.58. The molecule has 0 N–H and O–H groups in total. The lowest BCUT2D eigenvalue weighted by Gasteiger charge is -2.46. The van der Waals surface area contributed by atoms with Gasteiger partial charge in [0.2, 0.25) is 0 Å². The predicted octanol–water partition coefficient (Wildman–Crippen LogP) is 2.62. The molecule has 0 aliphatic heterocycles. The fourth-order valence-corrected chi connectivity index (χ4v) is 5.47. The summed E-state index contributed by atoms with van der Waals surface area (Å²) in [5.74, 6) is 0. The first kappa shape index (κ1) is 18.8. The van der Waals surface area contributed by atoms with Crippen LogP contribution in [0.3, 0.4) is 0 Å².